The quantitative estimate of drug-likeness (QED) is 0.628. The smallest absolute Gasteiger partial charge is 0.274 e. The number of halogens is 1. The molecule has 0 aromatic heterocycles. The van der Waals surface area contributed by atoms with Crippen LogP contribution >= 0.6 is 0 Å². The van der Waals surface area contributed by atoms with E-state index in [2.05, 4.69) is 11.8 Å². The Kier molecular flexibility index (Phi) is 4.78. The number of carbonyl (C=O) groups excluding carboxylic acids is 1. The summed E-state index contributed by atoms with van der Waals surface area (Å²) >= 11 is 0. The predicted molar refractivity (Wildman–Crippen MR) is 97.5 cm³/mol. The van der Waals surface area contributed by atoms with Gasteiger partial charge in [-0.05, 0) is 67.2 Å². The number of amides is 1. The molecule has 5 heteroatoms. The van der Waals surface area contributed by atoms with Crippen LogP contribution in [0.4, 0.5) is 4.39 Å². The Labute approximate surface area is 154 Å². The van der Waals surface area contributed by atoms with Crippen molar-refractivity contribution >= 4 is 5.91 Å². The van der Waals surface area contributed by atoms with Crippen molar-refractivity contribution in [2.75, 3.05) is 0 Å². The molecular weight excluding hydrogens is 331 g/mol. The molecule has 3 aliphatic rings. The molecule has 4 nitrogen and oxygen atoms in total. The van der Waals surface area contributed by atoms with Gasteiger partial charge in [0.25, 0.3) is 5.91 Å². The number of fused-ring (bicyclic) bond motifs is 1. The molecule has 1 atom stereocenters. The van der Waals surface area contributed by atoms with Crippen molar-refractivity contribution in [1.29, 1.82) is 0 Å². The SMILES string of the molecule is CC[C@@H]1Cc2c(F)cc(C(=O)NO)cc2CN1C1CC2(CCCCC2)C1. The fourth-order valence-corrected chi connectivity index (χ4v) is 5.63. The largest absolute Gasteiger partial charge is 0.293 e. The second-order valence-corrected chi connectivity index (χ2v) is 8.60. The molecule has 4 rings (SSSR count). The lowest BCUT2D eigenvalue weighted by atomic mass is 9.57. The van der Waals surface area contributed by atoms with Gasteiger partial charge in [0.1, 0.15) is 5.82 Å². The van der Waals surface area contributed by atoms with Crippen LogP contribution in [0.3, 0.4) is 0 Å². The van der Waals surface area contributed by atoms with E-state index in [0.717, 1.165) is 17.5 Å². The molecular formula is C21H29FN2O2. The number of hydrogen-bond acceptors (Lipinski definition) is 3. The van der Waals surface area contributed by atoms with Crippen LogP contribution < -0.4 is 5.48 Å². The summed E-state index contributed by atoms with van der Waals surface area (Å²) < 4.78 is 14.6. The van der Waals surface area contributed by atoms with Crippen molar-refractivity contribution in [2.24, 2.45) is 5.41 Å². The summed E-state index contributed by atoms with van der Waals surface area (Å²) in [7, 11) is 0. The standard InChI is InChI=1S/C21H29FN2O2/c1-2-16-10-18-15(8-14(9-19(18)22)20(25)23-26)13-24(16)17-11-21(12-17)6-4-3-5-7-21/h8-9,16-17,26H,2-7,10-13H2,1H3,(H,23,25)/t16-/m1/s1. The molecule has 0 radical (unpaired) electrons. The maximum Gasteiger partial charge on any atom is 0.274 e. The third-order valence-electron chi connectivity index (χ3n) is 7.11. The van der Waals surface area contributed by atoms with Gasteiger partial charge in [0, 0.05) is 24.2 Å². The van der Waals surface area contributed by atoms with Gasteiger partial charge >= 0.3 is 0 Å². The van der Waals surface area contributed by atoms with Crippen molar-refractivity contribution in [3.8, 4) is 0 Å². The Morgan fingerprint density at radius 1 is 1.31 bits per heavy atom. The molecule has 0 unspecified atom stereocenters. The number of nitrogens with one attached hydrogen (secondary N) is 1. The minimum absolute atomic E-state index is 0.191. The highest BCUT2D eigenvalue weighted by Gasteiger charge is 2.48. The van der Waals surface area contributed by atoms with Crippen LogP contribution in [0.15, 0.2) is 12.1 Å². The first-order valence-corrected chi connectivity index (χ1v) is 10.1. The van der Waals surface area contributed by atoms with E-state index in [9.17, 15) is 9.18 Å². The lowest BCUT2D eigenvalue weighted by Gasteiger charge is -2.56. The van der Waals surface area contributed by atoms with Gasteiger partial charge < -0.3 is 0 Å². The van der Waals surface area contributed by atoms with Gasteiger partial charge in [0.2, 0.25) is 0 Å². The fraction of sp³-hybridized carbons (Fsp3) is 0.667. The number of rotatable bonds is 3. The van der Waals surface area contributed by atoms with E-state index >= 15 is 0 Å². The fourth-order valence-electron chi connectivity index (χ4n) is 5.63. The maximum absolute atomic E-state index is 14.6. The zero-order valence-corrected chi connectivity index (χ0v) is 15.6. The van der Waals surface area contributed by atoms with Gasteiger partial charge in [-0.15, -0.1) is 0 Å². The van der Waals surface area contributed by atoms with Gasteiger partial charge in [-0.2, -0.15) is 0 Å². The van der Waals surface area contributed by atoms with E-state index < -0.39 is 5.91 Å². The lowest BCUT2D eigenvalue weighted by molar-refractivity contribution is -0.0512. The van der Waals surface area contributed by atoms with E-state index in [1.54, 1.807) is 11.5 Å². The van der Waals surface area contributed by atoms with Crippen molar-refractivity contribution in [2.45, 2.75) is 83.3 Å². The summed E-state index contributed by atoms with van der Waals surface area (Å²) in [5.74, 6) is -0.975. The minimum atomic E-state index is -0.652. The topological polar surface area (TPSA) is 52.6 Å². The molecule has 1 amide bonds. The van der Waals surface area contributed by atoms with E-state index in [0.29, 0.717) is 30.5 Å². The molecule has 2 aliphatic carbocycles. The van der Waals surface area contributed by atoms with Gasteiger partial charge in [-0.3, -0.25) is 14.9 Å². The molecule has 1 aliphatic heterocycles. The van der Waals surface area contributed by atoms with Crippen LogP contribution in [-0.2, 0) is 13.0 Å². The van der Waals surface area contributed by atoms with Crippen LogP contribution in [0.25, 0.3) is 0 Å². The molecule has 0 bridgehead atoms. The number of nitrogens with zero attached hydrogens (tertiary/aromatic N) is 1. The third-order valence-corrected chi connectivity index (χ3v) is 7.11. The van der Waals surface area contributed by atoms with Gasteiger partial charge in [0.05, 0.1) is 0 Å². The number of carbonyl (C=O) groups is 1. The molecule has 2 saturated carbocycles. The Morgan fingerprint density at radius 3 is 2.69 bits per heavy atom. The van der Waals surface area contributed by atoms with Crippen LogP contribution in [-0.4, -0.2) is 28.1 Å². The summed E-state index contributed by atoms with van der Waals surface area (Å²) in [6.45, 7) is 2.89. The Morgan fingerprint density at radius 2 is 2.04 bits per heavy atom. The molecule has 1 spiro atoms. The second-order valence-electron chi connectivity index (χ2n) is 8.60. The zero-order valence-electron chi connectivity index (χ0n) is 15.6. The van der Waals surface area contributed by atoms with E-state index in [4.69, 9.17) is 5.21 Å². The number of benzene rings is 1. The van der Waals surface area contributed by atoms with Gasteiger partial charge in [-0.1, -0.05) is 26.2 Å². The predicted octanol–water partition coefficient (Wildman–Crippen LogP) is 4.19. The molecule has 0 saturated heterocycles. The highest BCUT2D eigenvalue weighted by atomic mass is 19.1. The van der Waals surface area contributed by atoms with Crippen molar-refractivity contribution in [1.82, 2.24) is 10.4 Å². The van der Waals surface area contributed by atoms with Crippen molar-refractivity contribution < 1.29 is 14.4 Å². The Hall–Kier alpha value is -1.46. The van der Waals surface area contributed by atoms with E-state index in [1.165, 1.54) is 51.0 Å². The minimum Gasteiger partial charge on any atom is -0.293 e. The Bertz CT molecular complexity index is 691. The first kappa shape index (κ1) is 17.9. The average Bonchev–Trinajstić information content (AvgIpc) is 2.65. The molecule has 1 aromatic carbocycles. The van der Waals surface area contributed by atoms with Gasteiger partial charge in [-0.25, -0.2) is 9.87 Å². The van der Waals surface area contributed by atoms with Crippen molar-refractivity contribution in [3.63, 3.8) is 0 Å². The summed E-state index contributed by atoms with van der Waals surface area (Å²) in [6.07, 6.45) is 11.2. The number of hydrogen-bond donors (Lipinski definition) is 2. The van der Waals surface area contributed by atoms with E-state index in [-0.39, 0.29) is 11.4 Å². The first-order chi connectivity index (χ1) is 12.5. The molecule has 2 N–H and O–H groups in total. The molecule has 1 aromatic rings. The highest BCUT2D eigenvalue weighted by Crippen LogP contribution is 2.54. The average molecular weight is 360 g/mol. The zero-order chi connectivity index (χ0) is 18.3. The summed E-state index contributed by atoms with van der Waals surface area (Å²) in [5.41, 5.74) is 4.02. The monoisotopic (exact) mass is 360 g/mol. The van der Waals surface area contributed by atoms with Gasteiger partial charge in [0.15, 0.2) is 0 Å². The molecule has 2 fully saturated rings. The normalized spacial score (nSPS) is 25.6. The summed E-state index contributed by atoms with van der Waals surface area (Å²) in [4.78, 5) is 14.3. The molecule has 1 heterocycles. The van der Waals surface area contributed by atoms with Crippen LogP contribution in [0, 0.1) is 11.2 Å². The Balaban J connectivity index is 1.55. The number of hydroxylamine groups is 1. The molecule has 142 valence electrons. The highest BCUT2D eigenvalue weighted by molar-refractivity contribution is 5.93. The maximum atomic E-state index is 14.6. The lowest BCUT2D eigenvalue weighted by Crippen LogP contribution is -2.56. The molecule has 26 heavy (non-hydrogen) atoms. The van der Waals surface area contributed by atoms with Crippen LogP contribution in [0.2, 0.25) is 0 Å². The van der Waals surface area contributed by atoms with Crippen LogP contribution in [0.1, 0.15) is 79.8 Å². The summed E-state index contributed by atoms with van der Waals surface area (Å²) in [5, 5.41) is 8.86. The third kappa shape index (κ3) is 3.05. The summed E-state index contributed by atoms with van der Waals surface area (Å²) in [6, 6.07) is 3.95. The van der Waals surface area contributed by atoms with Crippen LogP contribution in [0.5, 0.6) is 0 Å². The van der Waals surface area contributed by atoms with E-state index in [1.807, 2.05) is 0 Å². The second kappa shape index (κ2) is 6.93. The first-order valence-electron chi connectivity index (χ1n) is 10.1. The van der Waals surface area contributed by atoms with Crippen molar-refractivity contribution in [3.05, 3.63) is 34.6 Å².